The molecule has 1 aliphatic carbocycles. The van der Waals surface area contributed by atoms with Gasteiger partial charge in [-0.05, 0) is 37.2 Å². The van der Waals surface area contributed by atoms with Gasteiger partial charge < -0.3 is 4.74 Å². The van der Waals surface area contributed by atoms with E-state index in [4.69, 9.17) is 10.00 Å². The van der Waals surface area contributed by atoms with Crippen molar-refractivity contribution < 1.29 is 4.74 Å². The number of hydrogen-bond donors (Lipinski definition) is 0. The molecule has 0 radical (unpaired) electrons. The van der Waals surface area contributed by atoms with Crippen LogP contribution >= 0.6 is 0 Å². The van der Waals surface area contributed by atoms with Gasteiger partial charge in [-0.25, -0.2) is 0 Å². The predicted molar refractivity (Wildman–Crippen MR) is 63.3 cm³/mol. The summed E-state index contributed by atoms with van der Waals surface area (Å²) in [7, 11) is 0. The Labute approximate surface area is 102 Å². The highest BCUT2D eigenvalue weighted by atomic mass is 16.5. The zero-order valence-electron chi connectivity index (χ0n) is 10.3. The van der Waals surface area contributed by atoms with Gasteiger partial charge in [0.1, 0.15) is 17.7 Å². The Morgan fingerprint density at radius 3 is 2.88 bits per heavy atom. The predicted octanol–water partition coefficient (Wildman–Crippen LogP) is 2.55. The SMILES string of the molecule is CC1CCC(Oc2nnccc2C#N)CC1C. The van der Waals surface area contributed by atoms with Gasteiger partial charge in [0.15, 0.2) is 0 Å². The number of aromatic nitrogens is 2. The average molecular weight is 231 g/mol. The van der Waals surface area contributed by atoms with Crippen molar-refractivity contribution in [2.45, 2.75) is 39.2 Å². The Balaban J connectivity index is 2.04. The first kappa shape index (κ1) is 11.8. The van der Waals surface area contributed by atoms with Gasteiger partial charge in [-0.15, -0.1) is 5.10 Å². The van der Waals surface area contributed by atoms with Gasteiger partial charge in [-0.3, -0.25) is 0 Å². The standard InChI is InChI=1S/C13H17N3O/c1-9-3-4-12(7-10(9)2)17-13-11(8-14)5-6-15-16-13/h5-6,9-10,12H,3-4,7H2,1-2H3. The molecule has 0 bridgehead atoms. The molecule has 1 heterocycles. The molecule has 3 atom stereocenters. The lowest BCUT2D eigenvalue weighted by molar-refractivity contribution is 0.0952. The number of rotatable bonds is 2. The lowest BCUT2D eigenvalue weighted by Gasteiger charge is -2.31. The summed E-state index contributed by atoms with van der Waals surface area (Å²) in [5.41, 5.74) is 0.464. The maximum atomic E-state index is 8.94. The van der Waals surface area contributed by atoms with Crippen LogP contribution in [0.15, 0.2) is 12.3 Å². The third-order valence-corrected chi connectivity index (χ3v) is 3.64. The molecule has 1 saturated carbocycles. The van der Waals surface area contributed by atoms with Crippen LogP contribution in [0.25, 0.3) is 0 Å². The van der Waals surface area contributed by atoms with Crippen LogP contribution in [0.5, 0.6) is 5.88 Å². The fourth-order valence-electron chi connectivity index (χ4n) is 2.25. The summed E-state index contributed by atoms with van der Waals surface area (Å²) in [5, 5.41) is 16.6. The van der Waals surface area contributed by atoms with Crippen molar-refractivity contribution in [3.05, 3.63) is 17.8 Å². The normalized spacial score (nSPS) is 28.4. The number of nitrogens with zero attached hydrogens (tertiary/aromatic N) is 3. The van der Waals surface area contributed by atoms with E-state index in [0.29, 0.717) is 17.4 Å². The van der Waals surface area contributed by atoms with Crippen molar-refractivity contribution in [3.8, 4) is 11.9 Å². The maximum Gasteiger partial charge on any atom is 0.251 e. The fraction of sp³-hybridized carbons (Fsp3) is 0.615. The van der Waals surface area contributed by atoms with E-state index in [2.05, 4.69) is 30.1 Å². The van der Waals surface area contributed by atoms with Crippen molar-refractivity contribution in [3.63, 3.8) is 0 Å². The third kappa shape index (κ3) is 2.73. The Morgan fingerprint density at radius 1 is 1.35 bits per heavy atom. The molecule has 0 amide bonds. The third-order valence-electron chi connectivity index (χ3n) is 3.64. The van der Waals surface area contributed by atoms with Crippen LogP contribution < -0.4 is 4.74 Å². The molecule has 0 spiro atoms. The largest absolute Gasteiger partial charge is 0.472 e. The molecular weight excluding hydrogens is 214 g/mol. The van der Waals surface area contributed by atoms with Crippen LogP contribution in [0.4, 0.5) is 0 Å². The molecule has 1 fully saturated rings. The molecule has 0 N–H and O–H groups in total. The van der Waals surface area contributed by atoms with Crippen LogP contribution in [0.1, 0.15) is 38.7 Å². The van der Waals surface area contributed by atoms with Gasteiger partial charge in [0.05, 0.1) is 6.20 Å². The van der Waals surface area contributed by atoms with E-state index in [9.17, 15) is 0 Å². The quantitative estimate of drug-likeness (QED) is 0.784. The van der Waals surface area contributed by atoms with Crippen molar-refractivity contribution >= 4 is 0 Å². The van der Waals surface area contributed by atoms with E-state index < -0.39 is 0 Å². The lowest BCUT2D eigenvalue weighted by atomic mass is 9.80. The topological polar surface area (TPSA) is 58.8 Å². The Bertz CT molecular complexity index is 427. The molecule has 4 heteroatoms. The Hall–Kier alpha value is -1.63. The molecule has 0 aliphatic heterocycles. The number of nitriles is 1. The van der Waals surface area contributed by atoms with E-state index in [0.717, 1.165) is 18.8 Å². The van der Waals surface area contributed by atoms with E-state index in [1.165, 1.54) is 12.6 Å². The first-order valence-electron chi connectivity index (χ1n) is 6.09. The van der Waals surface area contributed by atoms with Crippen molar-refractivity contribution in [1.82, 2.24) is 10.2 Å². The molecule has 1 aromatic heterocycles. The van der Waals surface area contributed by atoms with Gasteiger partial charge >= 0.3 is 0 Å². The van der Waals surface area contributed by atoms with E-state index >= 15 is 0 Å². The summed E-state index contributed by atoms with van der Waals surface area (Å²) < 4.78 is 5.80. The van der Waals surface area contributed by atoms with Crippen molar-refractivity contribution in [2.24, 2.45) is 11.8 Å². The molecular formula is C13H17N3O. The Morgan fingerprint density at radius 2 is 2.18 bits per heavy atom. The zero-order valence-corrected chi connectivity index (χ0v) is 10.3. The average Bonchev–Trinajstić information content (AvgIpc) is 2.34. The summed E-state index contributed by atoms with van der Waals surface area (Å²) in [6.45, 7) is 4.53. The monoisotopic (exact) mass is 231 g/mol. The highest BCUT2D eigenvalue weighted by Crippen LogP contribution is 2.31. The minimum atomic E-state index is 0.171. The molecule has 1 aromatic rings. The molecule has 0 aromatic carbocycles. The van der Waals surface area contributed by atoms with Crippen molar-refractivity contribution in [1.29, 1.82) is 5.26 Å². The summed E-state index contributed by atoms with van der Waals surface area (Å²) in [4.78, 5) is 0. The summed E-state index contributed by atoms with van der Waals surface area (Å²) in [6.07, 6.45) is 4.92. The lowest BCUT2D eigenvalue weighted by Crippen LogP contribution is -2.29. The van der Waals surface area contributed by atoms with Crippen LogP contribution in [-0.2, 0) is 0 Å². The highest BCUT2D eigenvalue weighted by molar-refractivity contribution is 5.35. The van der Waals surface area contributed by atoms with E-state index in [1.807, 2.05) is 0 Å². The minimum Gasteiger partial charge on any atom is -0.472 e. The highest BCUT2D eigenvalue weighted by Gasteiger charge is 2.26. The second-order valence-corrected chi connectivity index (χ2v) is 4.87. The first-order chi connectivity index (χ1) is 8.20. The molecule has 90 valence electrons. The number of hydrogen-bond acceptors (Lipinski definition) is 4. The minimum absolute atomic E-state index is 0.171. The molecule has 17 heavy (non-hydrogen) atoms. The van der Waals surface area contributed by atoms with Gasteiger partial charge in [-0.2, -0.15) is 10.4 Å². The van der Waals surface area contributed by atoms with Crippen LogP contribution in [0.3, 0.4) is 0 Å². The Kier molecular flexibility index (Phi) is 3.58. The zero-order chi connectivity index (χ0) is 12.3. The van der Waals surface area contributed by atoms with Crippen LogP contribution in [-0.4, -0.2) is 16.3 Å². The second kappa shape index (κ2) is 5.13. The first-order valence-corrected chi connectivity index (χ1v) is 6.09. The second-order valence-electron chi connectivity index (χ2n) is 4.87. The van der Waals surface area contributed by atoms with Gasteiger partial charge in [0, 0.05) is 0 Å². The summed E-state index contributed by atoms with van der Waals surface area (Å²) in [5.74, 6) is 1.80. The van der Waals surface area contributed by atoms with Crippen molar-refractivity contribution in [2.75, 3.05) is 0 Å². The van der Waals surface area contributed by atoms with E-state index in [1.54, 1.807) is 6.07 Å². The molecule has 3 unspecified atom stereocenters. The van der Waals surface area contributed by atoms with E-state index in [-0.39, 0.29) is 6.10 Å². The number of ether oxygens (including phenoxy) is 1. The van der Waals surface area contributed by atoms with Crippen LogP contribution in [0.2, 0.25) is 0 Å². The fourth-order valence-corrected chi connectivity index (χ4v) is 2.25. The smallest absolute Gasteiger partial charge is 0.251 e. The molecule has 4 nitrogen and oxygen atoms in total. The van der Waals surface area contributed by atoms with Gasteiger partial charge in [-0.1, -0.05) is 13.8 Å². The van der Waals surface area contributed by atoms with Crippen LogP contribution in [0, 0.1) is 23.2 Å². The summed E-state index contributed by atoms with van der Waals surface area (Å²) >= 11 is 0. The van der Waals surface area contributed by atoms with Gasteiger partial charge in [0.2, 0.25) is 0 Å². The maximum absolute atomic E-state index is 8.94. The molecule has 1 aliphatic rings. The molecule has 2 rings (SSSR count). The van der Waals surface area contributed by atoms with Gasteiger partial charge in [0.25, 0.3) is 5.88 Å². The summed E-state index contributed by atoms with van der Waals surface area (Å²) in [6, 6.07) is 3.71. The molecule has 0 saturated heterocycles.